The van der Waals surface area contributed by atoms with Gasteiger partial charge in [0, 0.05) is 17.1 Å². The maximum atomic E-state index is 13.2. The Bertz CT molecular complexity index is 1060. The molecule has 3 heterocycles. The summed E-state index contributed by atoms with van der Waals surface area (Å²) in [6.07, 6.45) is 1.61. The van der Waals surface area contributed by atoms with Crippen LogP contribution < -0.4 is 5.32 Å². The van der Waals surface area contributed by atoms with E-state index in [0.717, 1.165) is 0 Å². The van der Waals surface area contributed by atoms with E-state index in [-0.39, 0.29) is 17.4 Å². The van der Waals surface area contributed by atoms with E-state index in [0.29, 0.717) is 33.0 Å². The van der Waals surface area contributed by atoms with Crippen molar-refractivity contribution in [1.29, 1.82) is 0 Å². The second-order valence-corrected chi connectivity index (χ2v) is 6.20. The normalized spacial score (nSPS) is 11.0. The molecule has 8 heteroatoms. The van der Waals surface area contributed by atoms with Crippen LogP contribution in [-0.4, -0.2) is 21.0 Å². The Morgan fingerprint density at radius 3 is 2.80 bits per heavy atom. The van der Waals surface area contributed by atoms with Crippen LogP contribution in [0.2, 0.25) is 0 Å². The third-order valence-corrected chi connectivity index (χ3v) is 4.34. The maximum Gasteiger partial charge on any atom is 0.259 e. The summed E-state index contributed by atoms with van der Waals surface area (Å²) in [6.45, 7) is 1.74. The predicted octanol–water partition coefficient (Wildman–Crippen LogP) is 4.05. The van der Waals surface area contributed by atoms with Crippen LogP contribution in [0.3, 0.4) is 0 Å². The van der Waals surface area contributed by atoms with Crippen LogP contribution in [0.5, 0.6) is 0 Å². The zero-order chi connectivity index (χ0) is 17.4. The highest BCUT2D eigenvalue weighted by atomic mass is 32.1. The number of fused-ring (bicyclic) bond motifs is 1. The van der Waals surface area contributed by atoms with E-state index >= 15 is 0 Å². The fourth-order valence-corrected chi connectivity index (χ4v) is 3.02. The van der Waals surface area contributed by atoms with Crippen molar-refractivity contribution in [2.75, 3.05) is 5.32 Å². The molecule has 0 radical (unpaired) electrons. The Labute approximate surface area is 145 Å². The molecule has 1 aromatic carbocycles. The van der Waals surface area contributed by atoms with Gasteiger partial charge in [0.1, 0.15) is 5.82 Å². The van der Waals surface area contributed by atoms with Crippen molar-refractivity contribution in [2.45, 2.75) is 6.92 Å². The molecule has 0 unspecified atom stereocenters. The van der Waals surface area contributed by atoms with Crippen molar-refractivity contribution in [1.82, 2.24) is 15.1 Å². The Morgan fingerprint density at radius 1 is 1.28 bits per heavy atom. The fourth-order valence-electron chi connectivity index (χ4n) is 2.49. The zero-order valence-corrected chi connectivity index (χ0v) is 13.8. The minimum Gasteiger partial charge on any atom is -0.335 e. The van der Waals surface area contributed by atoms with Crippen molar-refractivity contribution in [3.63, 3.8) is 0 Å². The first kappa shape index (κ1) is 15.4. The lowest BCUT2D eigenvalue weighted by Crippen LogP contribution is -2.13. The monoisotopic (exact) mass is 354 g/mol. The van der Waals surface area contributed by atoms with Crippen LogP contribution in [-0.2, 0) is 0 Å². The average Bonchev–Trinajstić information content (AvgIpc) is 3.25. The van der Waals surface area contributed by atoms with Gasteiger partial charge in [0.2, 0.25) is 0 Å². The van der Waals surface area contributed by atoms with Crippen molar-refractivity contribution < 1.29 is 13.7 Å². The summed E-state index contributed by atoms with van der Waals surface area (Å²) in [6, 6.07) is 7.50. The Hall–Kier alpha value is -3.13. The number of anilines is 1. The summed E-state index contributed by atoms with van der Waals surface area (Å²) in [7, 11) is 0. The molecule has 0 spiro atoms. The maximum absolute atomic E-state index is 13.2. The van der Waals surface area contributed by atoms with Gasteiger partial charge in [-0.15, -0.1) is 11.3 Å². The summed E-state index contributed by atoms with van der Waals surface area (Å²) < 4.78 is 18.4. The van der Waals surface area contributed by atoms with Gasteiger partial charge in [0.15, 0.2) is 5.13 Å². The summed E-state index contributed by atoms with van der Waals surface area (Å²) >= 11 is 1.32. The Kier molecular flexibility index (Phi) is 3.73. The quantitative estimate of drug-likeness (QED) is 0.600. The number of halogens is 1. The molecule has 3 aromatic heterocycles. The van der Waals surface area contributed by atoms with E-state index in [1.165, 1.54) is 23.5 Å². The molecule has 1 amide bonds. The molecule has 4 aromatic rings. The molecule has 0 aliphatic rings. The topological polar surface area (TPSA) is 80.9 Å². The number of carbonyl (C=O) groups is 1. The lowest BCUT2D eigenvalue weighted by atomic mass is 10.1. The van der Waals surface area contributed by atoms with Gasteiger partial charge < -0.3 is 4.52 Å². The fraction of sp³-hybridized carbons (Fsp3) is 0.0588. The van der Waals surface area contributed by atoms with Crippen LogP contribution in [0.25, 0.3) is 22.4 Å². The largest absolute Gasteiger partial charge is 0.335 e. The van der Waals surface area contributed by atoms with E-state index in [1.54, 1.807) is 36.7 Å². The van der Waals surface area contributed by atoms with Crippen LogP contribution in [0, 0.1) is 12.7 Å². The smallest absolute Gasteiger partial charge is 0.259 e. The van der Waals surface area contributed by atoms with Crippen LogP contribution >= 0.6 is 11.3 Å². The molecule has 25 heavy (non-hydrogen) atoms. The SMILES string of the molecule is Cc1noc2nc(-c3ccc(F)cc3)cc(C(=O)Nc3nccs3)c12. The highest BCUT2D eigenvalue weighted by Crippen LogP contribution is 2.28. The van der Waals surface area contributed by atoms with Gasteiger partial charge >= 0.3 is 0 Å². The standard InChI is InChI=1S/C17H11FN4O2S/c1-9-14-12(15(23)21-17-19-6-7-25-17)8-13(20-16(14)24-22-9)10-2-4-11(18)5-3-10/h2-8H,1H3,(H,19,21,23). The summed E-state index contributed by atoms with van der Waals surface area (Å²) in [4.78, 5) is 21.2. The molecule has 0 fully saturated rings. The number of thiazole rings is 1. The second kappa shape index (κ2) is 6.06. The number of carbonyl (C=O) groups excluding carboxylic acids is 1. The molecule has 0 saturated carbocycles. The van der Waals surface area contributed by atoms with E-state index < -0.39 is 0 Å². The van der Waals surface area contributed by atoms with Gasteiger partial charge in [-0.05, 0) is 37.3 Å². The van der Waals surface area contributed by atoms with Gasteiger partial charge in [-0.2, -0.15) is 0 Å². The number of hydrogen-bond acceptors (Lipinski definition) is 6. The Morgan fingerprint density at radius 2 is 2.08 bits per heavy atom. The van der Waals surface area contributed by atoms with Gasteiger partial charge in [-0.3, -0.25) is 10.1 Å². The summed E-state index contributed by atoms with van der Waals surface area (Å²) in [5.41, 5.74) is 2.35. The number of amides is 1. The number of aryl methyl sites for hydroxylation is 1. The Balaban J connectivity index is 1.84. The molecule has 0 aliphatic heterocycles. The van der Waals surface area contributed by atoms with Gasteiger partial charge in [0.25, 0.3) is 11.6 Å². The van der Waals surface area contributed by atoms with E-state index in [1.807, 2.05) is 0 Å². The first-order valence-corrected chi connectivity index (χ1v) is 8.23. The molecule has 0 atom stereocenters. The summed E-state index contributed by atoms with van der Waals surface area (Å²) in [5, 5.41) is 9.45. The molecule has 0 bridgehead atoms. The molecule has 1 N–H and O–H groups in total. The van der Waals surface area contributed by atoms with Crippen molar-refractivity contribution in [3.8, 4) is 11.3 Å². The van der Waals surface area contributed by atoms with Gasteiger partial charge in [-0.1, -0.05) is 5.16 Å². The van der Waals surface area contributed by atoms with Gasteiger partial charge in [-0.25, -0.2) is 14.4 Å². The second-order valence-electron chi connectivity index (χ2n) is 5.30. The minimum absolute atomic E-state index is 0.253. The highest BCUT2D eigenvalue weighted by Gasteiger charge is 2.20. The highest BCUT2D eigenvalue weighted by molar-refractivity contribution is 7.13. The number of nitrogens with one attached hydrogen (secondary N) is 1. The lowest BCUT2D eigenvalue weighted by Gasteiger charge is -2.07. The molecule has 4 rings (SSSR count). The number of pyridine rings is 1. The van der Waals surface area contributed by atoms with Crippen LogP contribution in [0.15, 0.2) is 46.4 Å². The van der Waals surface area contributed by atoms with E-state index in [4.69, 9.17) is 4.52 Å². The van der Waals surface area contributed by atoms with Crippen LogP contribution in [0.4, 0.5) is 9.52 Å². The molecule has 0 aliphatic carbocycles. The third kappa shape index (κ3) is 2.87. The van der Waals surface area contributed by atoms with Gasteiger partial charge in [0.05, 0.1) is 22.3 Å². The summed E-state index contributed by atoms with van der Waals surface area (Å²) in [5.74, 6) is -0.681. The molecule has 0 saturated heterocycles. The van der Waals surface area contributed by atoms with Crippen molar-refractivity contribution in [2.24, 2.45) is 0 Å². The van der Waals surface area contributed by atoms with Crippen molar-refractivity contribution in [3.05, 3.63) is 59.0 Å². The number of nitrogens with zero attached hydrogens (tertiary/aromatic N) is 3. The predicted molar refractivity (Wildman–Crippen MR) is 92.0 cm³/mol. The molecule has 6 nitrogen and oxygen atoms in total. The minimum atomic E-state index is -0.345. The zero-order valence-electron chi connectivity index (χ0n) is 13.0. The number of benzene rings is 1. The molecular formula is C17H11FN4O2S. The third-order valence-electron chi connectivity index (χ3n) is 3.65. The molecule has 124 valence electrons. The van der Waals surface area contributed by atoms with E-state index in [2.05, 4.69) is 20.4 Å². The first-order valence-electron chi connectivity index (χ1n) is 7.35. The molecular weight excluding hydrogens is 343 g/mol. The first-order chi connectivity index (χ1) is 12.1. The number of hydrogen-bond donors (Lipinski definition) is 1. The van der Waals surface area contributed by atoms with Crippen LogP contribution in [0.1, 0.15) is 16.1 Å². The lowest BCUT2D eigenvalue weighted by molar-refractivity contribution is 0.102. The number of aromatic nitrogens is 3. The van der Waals surface area contributed by atoms with E-state index in [9.17, 15) is 9.18 Å². The average molecular weight is 354 g/mol. The number of rotatable bonds is 3. The van der Waals surface area contributed by atoms with Crippen molar-refractivity contribution >= 4 is 33.5 Å².